The number of hydrogen-bond acceptors (Lipinski definition) is 6. The number of carbonyl (C=O) groups is 2. The van der Waals surface area contributed by atoms with Gasteiger partial charge < -0.3 is 14.5 Å². The number of hydrogen-bond donors (Lipinski definition) is 2. The summed E-state index contributed by atoms with van der Waals surface area (Å²) in [6, 6.07) is 11.8. The second kappa shape index (κ2) is 6.93. The van der Waals surface area contributed by atoms with Gasteiger partial charge in [0.2, 0.25) is 0 Å². The Bertz CT molecular complexity index is 993. The van der Waals surface area contributed by atoms with Crippen LogP contribution in [-0.2, 0) is 4.74 Å². The van der Waals surface area contributed by atoms with Crippen molar-refractivity contribution in [2.75, 3.05) is 12.4 Å². The summed E-state index contributed by atoms with van der Waals surface area (Å²) < 4.78 is 9.72. The number of nitrogens with one attached hydrogen (secondary N) is 2. The first kappa shape index (κ1) is 17.0. The van der Waals surface area contributed by atoms with Crippen molar-refractivity contribution in [1.29, 1.82) is 0 Å². The van der Waals surface area contributed by atoms with Gasteiger partial charge in [0.25, 0.3) is 5.69 Å². The first-order chi connectivity index (χ1) is 12.5. The topological polar surface area (TPSA) is 124 Å². The smallest absolute Gasteiger partial charge is 0.411 e. The SMILES string of the molecule is COC(=O)Nc1ccc2[nH]c(C(=O)Oc3ccc([N+](=O)[O-])cc3)cc2c1. The number of nitrogens with zero attached hydrogens (tertiary/aromatic N) is 1. The maximum Gasteiger partial charge on any atom is 0.411 e. The maximum atomic E-state index is 12.2. The highest BCUT2D eigenvalue weighted by atomic mass is 16.6. The highest BCUT2D eigenvalue weighted by Gasteiger charge is 2.14. The average molecular weight is 355 g/mol. The summed E-state index contributed by atoms with van der Waals surface area (Å²) in [5, 5.41) is 13.8. The fraction of sp³-hybridized carbons (Fsp3) is 0.0588. The normalized spacial score (nSPS) is 10.3. The van der Waals surface area contributed by atoms with Crippen LogP contribution in [-0.4, -0.2) is 29.1 Å². The summed E-state index contributed by atoms with van der Waals surface area (Å²) in [6.45, 7) is 0. The summed E-state index contributed by atoms with van der Waals surface area (Å²) in [5.74, 6) is -0.454. The number of methoxy groups -OCH3 is 1. The molecule has 3 rings (SSSR count). The van der Waals surface area contributed by atoms with Gasteiger partial charge in [0, 0.05) is 28.7 Å². The Morgan fingerprint density at radius 1 is 1.12 bits per heavy atom. The Morgan fingerprint density at radius 2 is 1.85 bits per heavy atom. The van der Waals surface area contributed by atoms with E-state index in [1.165, 1.54) is 31.4 Å². The maximum absolute atomic E-state index is 12.2. The number of benzene rings is 2. The van der Waals surface area contributed by atoms with Gasteiger partial charge in [-0.05, 0) is 36.4 Å². The molecule has 0 bridgehead atoms. The zero-order chi connectivity index (χ0) is 18.7. The van der Waals surface area contributed by atoms with Crippen molar-refractivity contribution in [3.05, 3.63) is 64.3 Å². The van der Waals surface area contributed by atoms with E-state index in [1.807, 2.05) is 0 Å². The number of amides is 1. The zero-order valence-electron chi connectivity index (χ0n) is 13.5. The molecule has 0 fully saturated rings. The summed E-state index contributed by atoms with van der Waals surface area (Å²) in [6.07, 6.45) is -0.599. The molecule has 2 N–H and O–H groups in total. The lowest BCUT2D eigenvalue weighted by molar-refractivity contribution is -0.384. The van der Waals surface area contributed by atoms with Gasteiger partial charge in [0.05, 0.1) is 12.0 Å². The highest BCUT2D eigenvalue weighted by molar-refractivity contribution is 5.97. The summed E-state index contributed by atoms with van der Waals surface area (Å²) in [4.78, 5) is 36.5. The van der Waals surface area contributed by atoms with Crippen LogP contribution in [0.4, 0.5) is 16.2 Å². The molecule has 0 aliphatic rings. The molecule has 1 heterocycles. The molecular weight excluding hydrogens is 342 g/mol. The number of ether oxygens (including phenoxy) is 2. The van der Waals surface area contributed by atoms with Crippen molar-refractivity contribution in [1.82, 2.24) is 4.98 Å². The molecule has 3 aromatic rings. The lowest BCUT2D eigenvalue weighted by atomic mass is 10.2. The molecule has 1 amide bonds. The molecule has 0 radical (unpaired) electrons. The van der Waals surface area contributed by atoms with E-state index in [0.29, 0.717) is 16.6 Å². The number of esters is 1. The van der Waals surface area contributed by atoms with Gasteiger partial charge >= 0.3 is 12.1 Å². The molecule has 0 aliphatic heterocycles. The number of carbonyl (C=O) groups excluding carboxylic acids is 2. The third-order valence-electron chi connectivity index (χ3n) is 3.53. The molecule has 0 saturated carbocycles. The molecule has 26 heavy (non-hydrogen) atoms. The van der Waals surface area contributed by atoms with E-state index in [9.17, 15) is 19.7 Å². The molecule has 0 atom stereocenters. The second-order valence-electron chi connectivity index (χ2n) is 5.24. The Balaban J connectivity index is 1.77. The Kier molecular flexibility index (Phi) is 4.52. The molecule has 0 spiro atoms. The number of rotatable bonds is 4. The van der Waals surface area contributed by atoms with E-state index >= 15 is 0 Å². The molecule has 0 unspecified atom stereocenters. The molecule has 2 aromatic carbocycles. The van der Waals surface area contributed by atoms with Crippen molar-refractivity contribution in [2.45, 2.75) is 0 Å². The van der Waals surface area contributed by atoms with E-state index in [2.05, 4.69) is 15.0 Å². The molecule has 1 aromatic heterocycles. The van der Waals surface area contributed by atoms with E-state index < -0.39 is 17.0 Å². The minimum absolute atomic E-state index is 0.0963. The van der Waals surface area contributed by atoms with Crippen molar-refractivity contribution in [3.63, 3.8) is 0 Å². The van der Waals surface area contributed by atoms with Crippen LogP contribution in [0.25, 0.3) is 10.9 Å². The fourth-order valence-corrected chi connectivity index (χ4v) is 2.29. The van der Waals surface area contributed by atoms with Crippen molar-refractivity contribution in [2.24, 2.45) is 0 Å². The molecule has 132 valence electrons. The Hall–Kier alpha value is -3.88. The van der Waals surface area contributed by atoms with Crippen molar-refractivity contribution in [3.8, 4) is 5.75 Å². The lowest BCUT2D eigenvalue weighted by Crippen LogP contribution is -2.10. The number of fused-ring (bicyclic) bond motifs is 1. The summed E-state index contributed by atoms with van der Waals surface area (Å²) in [7, 11) is 1.26. The minimum atomic E-state index is -0.641. The largest absolute Gasteiger partial charge is 0.453 e. The van der Waals surface area contributed by atoms with Crippen LogP contribution in [0.5, 0.6) is 5.75 Å². The Morgan fingerprint density at radius 3 is 2.50 bits per heavy atom. The van der Waals surface area contributed by atoms with Crippen LogP contribution < -0.4 is 10.1 Å². The number of H-pyrrole nitrogens is 1. The quantitative estimate of drug-likeness (QED) is 0.320. The van der Waals surface area contributed by atoms with Gasteiger partial charge in [-0.3, -0.25) is 15.4 Å². The first-order valence-corrected chi connectivity index (χ1v) is 7.40. The molecule has 0 aliphatic carbocycles. The van der Waals surface area contributed by atoms with Crippen molar-refractivity contribution < 1.29 is 24.0 Å². The number of non-ortho nitro benzene ring substituents is 1. The monoisotopic (exact) mass is 355 g/mol. The van der Waals surface area contributed by atoms with E-state index in [4.69, 9.17) is 4.74 Å². The Labute approximate surface area is 146 Å². The number of aromatic nitrogens is 1. The van der Waals surface area contributed by atoms with E-state index in [1.54, 1.807) is 24.3 Å². The van der Waals surface area contributed by atoms with Crippen LogP contribution in [0.1, 0.15) is 10.5 Å². The van der Waals surface area contributed by atoms with Gasteiger partial charge in [-0.2, -0.15) is 0 Å². The molecule has 0 saturated heterocycles. The highest BCUT2D eigenvalue weighted by Crippen LogP contribution is 2.22. The molecular formula is C17H13N3O6. The van der Waals surface area contributed by atoms with Gasteiger partial charge in [-0.25, -0.2) is 9.59 Å². The zero-order valence-corrected chi connectivity index (χ0v) is 13.5. The van der Waals surface area contributed by atoms with Crippen LogP contribution in [0, 0.1) is 10.1 Å². The van der Waals surface area contributed by atoms with Crippen LogP contribution in [0.2, 0.25) is 0 Å². The van der Waals surface area contributed by atoms with Gasteiger partial charge in [-0.1, -0.05) is 0 Å². The van der Waals surface area contributed by atoms with Gasteiger partial charge in [0.15, 0.2) is 0 Å². The molecule has 9 heteroatoms. The number of nitro benzene ring substituents is 1. The minimum Gasteiger partial charge on any atom is -0.453 e. The average Bonchev–Trinajstić information content (AvgIpc) is 3.05. The number of anilines is 1. The van der Waals surface area contributed by atoms with E-state index in [0.717, 1.165) is 0 Å². The number of aromatic amines is 1. The standard InChI is InChI=1S/C17H13N3O6/c1-25-17(22)18-11-2-7-14-10(8-11)9-15(19-14)16(21)26-13-5-3-12(4-6-13)20(23)24/h2-9,19H,1H3,(H,18,22). The van der Waals surface area contributed by atoms with Crippen LogP contribution >= 0.6 is 0 Å². The van der Waals surface area contributed by atoms with Gasteiger partial charge in [0.1, 0.15) is 11.4 Å². The lowest BCUT2D eigenvalue weighted by Gasteiger charge is -2.02. The predicted molar refractivity (Wildman–Crippen MR) is 92.4 cm³/mol. The second-order valence-corrected chi connectivity index (χ2v) is 5.24. The third kappa shape index (κ3) is 3.61. The van der Waals surface area contributed by atoms with E-state index in [-0.39, 0.29) is 17.1 Å². The van der Waals surface area contributed by atoms with Crippen LogP contribution in [0.15, 0.2) is 48.5 Å². The first-order valence-electron chi connectivity index (χ1n) is 7.40. The van der Waals surface area contributed by atoms with Crippen molar-refractivity contribution >= 4 is 34.3 Å². The van der Waals surface area contributed by atoms with Crippen LogP contribution in [0.3, 0.4) is 0 Å². The summed E-state index contributed by atoms with van der Waals surface area (Å²) in [5.41, 5.74) is 1.30. The molecule has 9 nitrogen and oxygen atoms in total. The fourth-order valence-electron chi connectivity index (χ4n) is 2.29. The predicted octanol–water partition coefficient (Wildman–Crippen LogP) is 3.47. The number of nitro groups is 1. The third-order valence-corrected chi connectivity index (χ3v) is 3.53. The summed E-state index contributed by atoms with van der Waals surface area (Å²) >= 11 is 0. The van der Waals surface area contributed by atoms with Gasteiger partial charge in [-0.15, -0.1) is 0 Å².